The molecule has 0 fully saturated rings. The highest BCUT2D eigenvalue weighted by molar-refractivity contribution is 7.09. The van der Waals surface area contributed by atoms with Crippen molar-refractivity contribution in [3.8, 4) is 0 Å². The maximum atomic E-state index is 11.3. The largest absolute Gasteiger partial charge is 0.308 e. The molecule has 0 aliphatic carbocycles. The van der Waals surface area contributed by atoms with Crippen LogP contribution in [0.4, 0.5) is 0 Å². The van der Waals surface area contributed by atoms with Crippen LogP contribution in [0.5, 0.6) is 0 Å². The Bertz CT molecular complexity index is 257. The van der Waals surface area contributed by atoms with Crippen LogP contribution >= 0.6 is 11.3 Å². The van der Waals surface area contributed by atoms with Crippen molar-refractivity contribution in [1.29, 1.82) is 0 Å². The lowest BCUT2D eigenvalue weighted by Gasteiger charge is -2.05. The summed E-state index contributed by atoms with van der Waals surface area (Å²) in [5.41, 5.74) is 1.75. The highest BCUT2D eigenvalue weighted by Gasteiger charge is 2.04. The molecule has 0 bridgehead atoms. The van der Waals surface area contributed by atoms with E-state index in [9.17, 15) is 4.79 Å². The maximum Gasteiger partial charge on any atom is 0.151 e. The lowest BCUT2D eigenvalue weighted by atomic mass is 10.2. The standard InChI is InChI=1S/C9H14N2OS/c1-7(2)11-4-8(12)3-9-5-10-6-13-9/h5-7,11H,3-4H2,1-2H3. The monoisotopic (exact) mass is 198 g/mol. The second kappa shape index (κ2) is 5.09. The third-order valence-corrected chi connectivity index (χ3v) is 2.34. The lowest BCUT2D eigenvalue weighted by Crippen LogP contribution is -2.29. The highest BCUT2D eigenvalue weighted by atomic mass is 32.1. The number of carbonyl (C=O) groups excluding carboxylic acids is 1. The first-order chi connectivity index (χ1) is 6.18. The zero-order valence-corrected chi connectivity index (χ0v) is 8.73. The normalized spacial score (nSPS) is 10.7. The molecule has 0 spiro atoms. The molecule has 0 atom stereocenters. The molecule has 0 saturated heterocycles. The summed E-state index contributed by atoms with van der Waals surface area (Å²) in [5, 5.41) is 3.09. The van der Waals surface area contributed by atoms with Gasteiger partial charge in [0.25, 0.3) is 0 Å². The number of nitrogens with one attached hydrogen (secondary N) is 1. The van der Waals surface area contributed by atoms with E-state index >= 15 is 0 Å². The molecule has 0 amide bonds. The molecule has 0 unspecified atom stereocenters. The van der Waals surface area contributed by atoms with Crippen molar-refractivity contribution in [2.45, 2.75) is 26.3 Å². The average Bonchev–Trinajstić information content (AvgIpc) is 2.53. The van der Waals surface area contributed by atoms with Gasteiger partial charge in [0.2, 0.25) is 0 Å². The van der Waals surface area contributed by atoms with Gasteiger partial charge in [0.1, 0.15) is 0 Å². The van der Waals surface area contributed by atoms with Gasteiger partial charge in [-0.15, -0.1) is 11.3 Å². The van der Waals surface area contributed by atoms with Crippen molar-refractivity contribution in [1.82, 2.24) is 10.3 Å². The Morgan fingerprint density at radius 1 is 1.69 bits per heavy atom. The third kappa shape index (κ3) is 4.15. The fourth-order valence-electron chi connectivity index (χ4n) is 0.904. The Balaban J connectivity index is 2.26. The van der Waals surface area contributed by atoms with E-state index in [2.05, 4.69) is 10.3 Å². The topological polar surface area (TPSA) is 42.0 Å². The molecule has 0 aliphatic rings. The van der Waals surface area contributed by atoms with Gasteiger partial charge in [-0.2, -0.15) is 0 Å². The Morgan fingerprint density at radius 3 is 3.00 bits per heavy atom. The first-order valence-corrected chi connectivity index (χ1v) is 5.19. The zero-order valence-electron chi connectivity index (χ0n) is 7.91. The van der Waals surface area contributed by atoms with Crippen LogP contribution in [0.15, 0.2) is 11.7 Å². The molecule has 0 aliphatic heterocycles. The number of hydrogen-bond donors (Lipinski definition) is 1. The Labute approximate surface area is 82.2 Å². The van der Waals surface area contributed by atoms with Crippen LogP contribution < -0.4 is 5.32 Å². The highest BCUT2D eigenvalue weighted by Crippen LogP contribution is 2.05. The summed E-state index contributed by atoms with van der Waals surface area (Å²) >= 11 is 1.53. The molecule has 13 heavy (non-hydrogen) atoms. The van der Waals surface area contributed by atoms with Crippen molar-refractivity contribution >= 4 is 17.1 Å². The minimum atomic E-state index is 0.220. The van der Waals surface area contributed by atoms with Crippen molar-refractivity contribution in [3.05, 3.63) is 16.6 Å². The van der Waals surface area contributed by atoms with Crippen molar-refractivity contribution in [2.24, 2.45) is 0 Å². The van der Waals surface area contributed by atoms with E-state index in [0.29, 0.717) is 19.0 Å². The molecule has 0 radical (unpaired) electrons. The van der Waals surface area contributed by atoms with E-state index in [4.69, 9.17) is 0 Å². The first kappa shape index (κ1) is 10.3. The van der Waals surface area contributed by atoms with Gasteiger partial charge in [-0.3, -0.25) is 9.78 Å². The Morgan fingerprint density at radius 2 is 2.46 bits per heavy atom. The molecule has 1 aromatic heterocycles. The van der Waals surface area contributed by atoms with Gasteiger partial charge < -0.3 is 5.32 Å². The number of nitrogens with zero attached hydrogens (tertiary/aromatic N) is 1. The number of rotatable bonds is 5. The van der Waals surface area contributed by atoms with E-state index in [1.165, 1.54) is 11.3 Å². The molecule has 1 aromatic rings. The quantitative estimate of drug-likeness (QED) is 0.774. The predicted molar refractivity (Wildman–Crippen MR) is 54.0 cm³/mol. The summed E-state index contributed by atoms with van der Waals surface area (Å²) in [7, 11) is 0. The minimum absolute atomic E-state index is 0.220. The lowest BCUT2D eigenvalue weighted by molar-refractivity contribution is -0.117. The van der Waals surface area contributed by atoms with Crippen LogP contribution in [0, 0.1) is 0 Å². The summed E-state index contributed by atoms with van der Waals surface area (Å²) in [6, 6.07) is 0.366. The predicted octanol–water partition coefficient (Wildman–Crippen LogP) is 1.25. The fraction of sp³-hybridized carbons (Fsp3) is 0.556. The van der Waals surface area contributed by atoms with Crippen LogP contribution in [0.25, 0.3) is 0 Å². The van der Waals surface area contributed by atoms with Crippen molar-refractivity contribution in [2.75, 3.05) is 6.54 Å². The van der Waals surface area contributed by atoms with Gasteiger partial charge in [0.05, 0.1) is 12.1 Å². The molecule has 0 aromatic carbocycles. The summed E-state index contributed by atoms with van der Waals surface area (Å²) in [4.78, 5) is 16.3. The van der Waals surface area contributed by atoms with Crippen LogP contribution in [0.3, 0.4) is 0 Å². The molecule has 4 heteroatoms. The van der Waals surface area contributed by atoms with Gasteiger partial charge in [-0.05, 0) is 0 Å². The number of hydrogen-bond acceptors (Lipinski definition) is 4. The summed E-state index contributed by atoms with van der Waals surface area (Å²) in [6.45, 7) is 4.51. The SMILES string of the molecule is CC(C)NCC(=O)Cc1cncs1. The molecule has 1 heterocycles. The number of Topliss-reactive ketones (excluding diaryl/α,β-unsaturated/α-hetero) is 1. The van der Waals surface area contributed by atoms with E-state index in [0.717, 1.165) is 4.88 Å². The molecular formula is C9H14N2OS. The summed E-state index contributed by atoms with van der Waals surface area (Å²) in [5.74, 6) is 0.220. The van der Waals surface area contributed by atoms with E-state index in [1.807, 2.05) is 13.8 Å². The Hall–Kier alpha value is -0.740. The van der Waals surface area contributed by atoms with E-state index in [1.54, 1.807) is 11.7 Å². The number of thiazole rings is 1. The Kier molecular flexibility index (Phi) is 4.05. The minimum Gasteiger partial charge on any atom is -0.308 e. The average molecular weight is 198 g/mol. The summed E-state index contributed by atoms with van der Waals surface area (Å²) in [6.07, 6.45) is 2.25. The number of ketones is 1. The summed E-state index contributed by atoms with van der Waals surface area (Å²) < 4.78 is 0. The zero-order chi connectivity index (χ0) is 9.68. The smallest absolute Gasteiger partial charge is 0.151 e. The number of carbonyl (C=O) groups is 1. The second-order valence-electron chi connectivity index (χ2n) is 3.22. The number of aromatic nitrogens is 1. The van der Waals surface area contributed by atoms with Crippen molar-refractivity contribution in [3.63, 3.8) is 0 Å². The van der Waals surface area contributed by atoms with E-state index in [-0.39, 0.29) is 5.78 Å². The van der Waals surface area contributed by atoms with Crippen LogP contribution in [0.1, 0.15) is 18.7 Å². The van der Waals surface area contributed by atoms with E-state index < -0.39 is 0 Å². The molecule has 0 saturated carbocycles. The van der Waals surface area contributed by atoms with Crippen molar-refractivity contribution < 1.29 is 4.79 Å². The molecular weight excluding hydrogens is 184 g/mol. The van der Waals surface area contributed by atoms with Crippen LogP contribution in [-0.4, -0.2) is 23.4 Å². The molecule has 72 valence electrons. The second-order valence-corrected chi connectivity index (χ2v) is 4.19. The molecule has 3 nitrogen and oxygen atoms in total. The van der Waals surface area contributed by atoms with Gasteiger partial charge in [0, 0.05) is 23.5 Å². The fourth-order valence-corrected chi connectivity index (χ4v) is 1.53. The molecule has 1 N–H and O–H groups in total. The molecule has 1 rings (SSSR count). The third-order valence-electron chi connectivity index (χ3n) is 1.56. The first-order valence-electron chi connectivity index (χ1n) is 4.31. The van der Waals surface area contributed by atoms with Gasteiger partial charge in [0.15, 0.2) is 5.78 Å². The van der Waals surface area contributed by atoms with Crippen LogP contribution in [-0.2, 0) is 11.2 Å². The maximum absolute atomic E-state index is 11.3. The van der Waals surface area contributed by atoms with Gasteiger partial charge in [-0.25, -0.2) is 0 Å². The van der Waals surface area contributed by atoms with Crippen LogP contribution in [0.2, 0.25) is 0 Å². The van der Waals surface area contributed by atoms with Gasteiger partial charge in [-0.1, -0.05) is 13.8 Å². The van der Waals surface area contributed by atoms with Gasteiger partial charge >= 0.3 is 0 Å².